The molecule has 2 nitrogen and oxygen atoms in total. The Bertz CT molecular complexity index is 631. The van der Waals surface area contributed by atoms with Crippen LogP contribution in [0.15, 0.2) is 41.4 Å². The maximum absolute atomic E-state index is 5.55. The first-order chi connectivity index (χ1) is 8.70. The van der Waals surface area contributed by atoms with E-state index in [1.165, 1.54) is 0 Å². The van der Waals surface area contributed by atoms with Gasteiger partial charge in [-0.25, -0.2) is 0 Å². The predicted octanol–water partition coefficient (Wildman–Crippen LogP) is 3.96. The van der Waals surface area contributed by atoms with E-state index in [1.807, 2.05) is 44.2 Å². The lowest BCUT2D eigenvalue weighted by atomic mass is 10.1. The van der Waals surface area contributed by atoms with Crippen molar-refractivity contribution in [3.05, 3.63) is 36.4 Å². The van der Waals surface area contributed by atoms with Crippen LogP contribution in [0.5, 0.6) is 5.75 Å². The molecule has 0 saturated carbocycles. The lowest BCUT2D eigenvalue weighted by molar-refractivity contribution is 0.372. The molecule has 0 fully saturated rings. The number of terminal acetylenes is 1. The van der Waals surface area contributed by atoms with E-state index >= 15 is 0 Å². The van der Waals surface area contributed by atoms with E-state index in [0.717, 1.165) is 27.9 Å². The molecule has 0 saturated heterocycles. The molecule has 90 valence electrons. The maximum atomic E-state index is 5.55. The number of ether oxygens (including phenoxy) is 1. The Hall–Kier alpha value is -2.27. The molecule has 2 aromatic carbocycles. The lowest BCUT2D eigenvalue weighted by Crippen LogP contribution is -1.94. The van der Waals surface area contributed by atoms with Crippen LogP contribution in [-0.2, 0) is 0 Å². The molecule has 0 aliphatic rings. The third-order valence-corrected chi connectivity index (χ3v) is 2.48. The quantitative estimate of drug-likeness (QED) is 0.584. The van der Waals surface area contributed by atoms with Crippen molar-refractivity contribution in [3.8, 4) is 18.1 Å². The SMILES string of the molecule is C#CCOc1cc2ccccc2cc1N=C(C)C. The number of benzene rings is 2. The summed E-state index contributed by atoms with van der Waals surface area (Å²) in [6.45, 7) is 4.17. The van der Waals surface area contributed by atoms with Crippen LogP contribution in [0, 0.1) is 12.3 Å². The van der Waals surface area contributed by atoms with Gasteiger partial charge in [-0.05, 0) is 36.8 Å². The number of aliphatic imine (C=N–C) groups is 1. The van der Waals surface area contributed by atoms with Crippen molar-refractivity contribution in [1.29, 1.82) is 0 Å². The summed E-state index contributed by atoms with van der Waals surface area (Å²) in [6, 6.07) is 12.1. The van der Waals surface area contributed by atoms with Crippen LogP contribution in [0.3, 0.4) is 0 Å². The molecule has 0 aliphatic heterocycles. The van der Waals surface area contributed by atoms with Gasteiger partial charge in [0, 0.05) is 5.71 Å². The largest absolute Gasteiger partial charge is 0.479 e. The standard InChI is InChI=1S/C16H15NO/c1-4-9-18-16-11-14-8-6-5-7-13(14)10-15(16)17-12(2)3/h1,5-8,10-11H,9H2,2-3H3. The Morgan fingerprint density at radius 3 is 2.50 bits per heavy atom. The summed E-state index contributed by atoms with van der Waals surface area (Å²) in [6.07, 6.45) is 5.23. The number of rotatable bonds is 3. The van der Waals surface area contributed by atoms with Gasteiger partial charge in [0.05, 0.1) is 0 Å². The normalized spacial score (nSPS) is 9.83. The van der Waals surface area contributed by atoms with Crippen molar-refractivity contribution in [3.63, 3.8) is 0 Å². The van der Waals surface area contributed by atoms with Crippen molar-refractivity contribution in [2.45, 2.75) is 13.8 Å². The van der Waals surface area contributed by atoms with Gasteiger partial charge in [-0.1, -0.05) is 30.2 Å². The lowest BCUT2D eigenvalue weighted by Gasteiger charge is -2.08. The number of hydrogen-bond acceptors (Lipinski definition) is 2. The van der Waals surface area contributed by atoms with Crippen LogP contribution >= 0.6 is 0 Å². The molecular weight excluding hydrogens is 222 g/mol. The minimum atomic E-state index is 0.254. The van der Waals surface area contributed by atoms with Gasteiger partial charge in [0.15, 0.2) is 0 Å². The minimum Gasteiger partial charge on any atom is -0.479 e. The van der Waals surface area contributed by atoms with Crippen molar-refractivity contribution in [2.75, 3.05) is 6.61 Å². The van der Waals surface area contributed by atoms with E-state index in [0.29, 0.717) is 0 Å². The van der Waals surface area contributed by atoms with E-state index in [2.05, 4.69) is 17.0 Å². The van der Waals surface area contributed by atoms with Crippen LogP contribution in [0.2, 0.25) is 0 Å². The Kier molecular flexibility index (Phi) is 3.64. The third kappa shape index (κ3) is 2.70. The average molecular weight is 237 g/mol. The Labute approximate surface area is 107 Å². The molecule has 0 aromatic heterocycles. The molecule has 0 atom stereocenters. The summed E-state index contributed by atoms with van der Waals surface area (Å²) in [5, 5.41) is 2.27. The van der Waals surface area contributed by atoms with E-state index in [1.54, 1.807) is 0 Å². The van der Waals surface area contributed by atoms with Crippen LogP contribution in [-0.4, -0.2) is 12.3 Å². The van der Waals surface area contributed by atoms with E-state index < -0.39 is 0 Å². The van der Waals surface area contributed by atoms with Gasteiger partial charge in [-0.2, -0.15) is 0 Å². The number of hydrogen-bond donors (Lipinski definition) is 0. The molecule has 0 unspecified atom stereocenters. The van der Waals surface area contributed by atoms with Crippen LogP contribution in [0.4, 0.5) is 5.69 Å². The summed E-state index contributed by atoms with van der Waals surface area (Å²) < 4.78 is 5.55. The van der Waals surface area contributed by atoms with Crippen LogP contribution in [0.1, 0.15) is 13.8 Å². The molecule has 2 rings (SSSR count). The van der Waals surface area contributed by atoms with Crippen molar-refractivity contribution >= 4 is 22.2 Å². The zero-order chi connectivity index (χ0) is 13.0. The molecule has 0 amide bonds. The maximum Gasteiger partial charge on any atom is 0.148 e. The second-order valence-corrected chi connectivity index (χ2v) is 4.22. The van der Waals surface area contributed by atoms with Gasteiger partial charge < -0.3 is 4.74 Å². The topological polar surface area (TPSA) is 21.6 Å². The molecule has 0 aliphatic carbocycles. The third-order valence-electron chi connectivity index (χ3n) is 2.48. The highest BCUT2D eigenvalue weighted by Crippen LogP contribution is 2.32. The zero-order valence-electron chi connectivity index (χ0n) is 10.6. The molecule has 0 spiro atoms. The smallest absolute Gasteiger partial charge is 0.148 e. The molecule has 0 radical (unpaired) electrons. The number of fused-ring (bicyclic) bond motifs is 1. The molecule has 2 aromatic rings. The summed E-state index contributed by atoms with van der Waals surface area (Å²) in [5.41, 5.74) is 1.81. The second-order valence-electron chi connectivity index (χ2n) is 4.22. The van der Waals surface area contributed by atoms with Gasteiger partial charge in [0.2, 0.25) is 0 Å². The van der Waals surface area contributed by atoms with Crippen molar-refractivity contribution < 1.29 is 4.74 Å². The molecule has 18 heavy (non-hydrogen) atoms. The van der Waals surface area contributed by atoms with Crippen molar-refractivity contribution in [1.82, 2.24) is 0 Å². The monoisotopic (exact) mass is 237 g/mol. The molecule has 2 heteroatoms. The highest BCUT2D eigenvalue weighted by molar-refractivity contribution is 5.90. The highest BCUT2D eigenvalue weighted by Gasteiger charge is 2.05. The fourth-order valence-corrected chi connectivity index (χ4v) is 1.77. The first-order valence-corrected chi connectivity index (χ1v) is 5.81. The van der Waals surface area contributed by atoms with Crippen LogP contribution < -0.4 is 4.74 Å². The predicted molar refractivity (Wildman–Crippen MR) is 76.7 cm³/mol. The van der Waals surface area contributed by atoms with Gasteiger partial charge in [-0.15, -0.1) is 6.42 Å². The van der Waals surface area contributed by atoms with Gasteiger partial charge in [0.25, 0.3) is 0 Å². The average Bonchev–Trinajstić information content (AvgIpc) is 2.35. The molecular formula is C16H15NO. The molecule has 0 bridgehead atoms. The van der Waals surface area contributed by atoms with Gasteiger partial charge in [0.1, 0.15) is 18.0 Å². The number of nitrogens with zero attached hydrogens (tertiary/aromatic N) is 1. The molecule has 0 heterocycles. The fraction of sp³-hybridized carbons (Fsp3) is 0.188. The van der Waals surface area contributed by atoms with E-state index in [9.17, 15) is 0 Å². The highest BCUT2D eigenvalue weighted by atomic mass is 16.5. The first-order valence-electron chi connectivity index (χ1n) is 5.81. The Morgan fingerprint density at radius 1 is 1.22 bits per heavy atom. The zero-order valence-corrected chi connectivity index (χ0v) is 10.6. The molecule has 0 N–H and O–H groups in total. The van der Waals surface area contributed by atoms with E-state index in [-0.39, 0.29) is 6.61 Å². The summed E-state index contributed by atoms with van der Waals surface area (Å²) in [7, 11) is 0. The minimum absolute atomic E-state index is 0.254. The van der Waals surface area contributed by atoms with E-state index in [4.69, 9.17) is 11.2 Å². The van der Waals surface area contributed by atoms with Gasteiger partial charge in [-0.3, -0.25) is 4.99 Å². The summed E-state index contributed by atoms with van der Waals surface area (Å²) in [5.74, 6) is 3.20. The summed E-state index contributed by atoms with van der Waals surface area (Å²) >= 11 is 0. The summed E-state index contributed by atoms with van der Waals surface area (Å²) in [4.78, 5) is 4.49. The first kappa shape index (κ1) is 12.2. The second kappa shape index (κ2) is 5.37. The van der Waals surface area contributed by atoms with Crippen molar-refractivity contribution in [2.24, 2.45) is 4.99 Å². The van der Waals surface area contributed by atoms with Gasteiger partial charge >= 0.3 is 0 Å². The fourth-order valence-electron chi connectivity index (χ4n) is 1.77. The Morgan fingerprint density at radius 2 is 1.89 bits per heavy atom. The Balaban J connectivity index is 2.56. The van der Waals surface area contributed by atoms with Crippen LogP contribution in [0.25, 0.3) is 10.8 Å².